The third-order valence-electron chi connectivity index (χ3n) is 3.54. The third kappa shape index (κ3) is 5.59. The van der Waals surface area contributed by atoms with Crippen LogP contribution in [0.3, 0.4) is 0 Å². The monoisotopic (exact) mass is 347 g/mol. The number of nitrogens with one attached hydrogen (secondary N) is 1. The summed E-state index contributed by atoms with van der Waals surface area (Å²) in [6.07, 6.45) is 2.75. The second-order valence-electron chi connectivity index (χ2n) is 5.55. The van der Waals surface area contributed by atoms with Gasteiger partial charge in [0.2, 0.25) is 0 Å². The highest BCUT2D eigenvalue weighted by Crippen LogP contribution is 2.28. The standard InChI is InChI=1S/C17H21N3O5/c1-12(21)4-5-13-6-7-14(15(10-13)24-2)25-9-3-8-20-17(23)19-16(22)11-18-20/h6-7,10-11H,3-5,8-9H2,1-2H3,(H,19,22,23). The molecule has 0 aliphatic rings. The molecule has 0 unspecified atom stereocenters. The van der Waals surface area contributed by atoms with E-state index >= 15 is 0 Å². The van der Waals surface area contributed by atoms with Crippen LogP contribution in [0.2, 0.25) is 0 Å². The van der Waals surface area contributed by atoms with Crippen LogP contribution in [0.25, 0.3) is 0 Å². The van der Waals surface area contributed by atoms with Crippen LogP contribution in [0.1, 0.15) is 25.3 Å². The van der Waals surface area contributed by atoms with Gasteiger partial charge in [-0.1, -0.05) is 6.07 Å². The number of carbonyl (C=O) groups is 1. The summed E-state index contributed by atoms with van der Waals surface area (Å²) in [6, 6.07) is 5.56. The van der Waals surface area contributed by atoms with E-state index < -0.39 is 11.2 Å². The quantitative estimate of drug-likeness (QED) is 0.677. The zero-order valence-electron chi connectivity index (χ0n) is 14.3. The molecule has 0 radical (unpaired) electrons. The molecule has 0 fully saturated rings. The Morgan fingerprint density at radius 2 is 2.08 bits per heavy atom. The fourth-order valence-corrected chi connectivity index (χ4v) is 2.24. The molecule has 0 aliphatic heterocycles. The van der Waals surface area contributed by atoms with Gasteiger partial charge < -0.3 is 14.3 Å². The van der Waals surface area contributed by atoms with Crippen molar-refractivity contribution < 1.29 is 14.3 Å². The molecule has 134 valence electrons. The third-order valence-corrected chi connectivity index (χ3v) is 3.54. The van der Waals surface area contributed by atoms with E-state index in [4.69, 9.17) is 9.47 Å². The first-order valence-corrected chi connectivity index (χ1v) is 7.95. The Morgan fingerprint density at radius 3 is 2.76 bits per heavy atom. The first kappa shape index (κ1) is 18.4. The molecule has 2 rings (SSSR count). The summed E-state index contributed by atoms with van der Waals surface area (Å²) in [5.74, 6) is 1.33. The highest BCUT2D eigenvalue weighted by atomic mass is 16.5. The van der Waals surface area contributed by atoms with E-state index in [1.54, 1.807) is 20.1 Å². The maximum atomic E-state index is 11.5. The Morgan fingerprint density at radius 1 is 1.28 bits per heavy atom. The molecule has 0 amide bonds. The van der Waals surface area contributed by atoms with Crippen LogP contribution in [0, 0.1) is 0 Å². The van der Waals surface area contributed by atoms with E-state index in [0.717, 1.165) is 11.8 Å². The number of carbonyl (C=O) groups excluding carboxylic acids is 1. The summed E-state index contributed by atoms with van der Waals surface area (Å²) >= 11 is 0. The first-order chi connectivity index (χ1) is 12.0. The summed E-state index contributed by atoms with van der Waals surface area (Å²) in [5.41, 5.74) is -0.0598. The van der Waals surface area contributed by atoms with Crippen LogP contribution in [-0.2, 0) is 17.8 Å². The van der Waals surface area contributed by atoms with E-state index in [0.29, 0.717) is 43.9 Å². The number of aromatic nitrogens is 3. The van der Waals surface area contributed by atoms with Gasteiger partial charge in [-0.15, -0.1) is 0 Å². The second-order valence-corrected chi connectivity index (χ2v) is 5.55. The highest BCUT2D eigenvalue weighted by Gasteiger charge is 2.07. The fourth-order valence-electron chi connectivity index (χ4n) is 2.24. The number of benzene rings is 1. The maximum absolute atomic E-state index is 11.5. The number of H-pyrrole nitrogens is 1. The van der Waals surface area contributed by atoms with Crippen molar-refractivity contribution in [3.63, 3.8) is 0 Å². The number of Topliss-reactive ketones (excluding diaryl/α,β-unsaturated/α-hetero) is 1. The molecule has 1 aromatic carbocycles. The van der Waals surface area contributed by atoms with Gasteiger partial charge >= 0.3 is 5.69 Å². The number of methoxy groups -OCH3 is 1. The number of rotatable bonds is 9. The summed E-state index contributed by atoms with van der Waals surface area (Å²) in [7, 11) is 1.56. The minimum Gasteiger partial charge on any atom is -0.493 e. The SMILES string of the molecule is COc1cc(CCC(C)=O)ccc1OCCCn1ncc(=O)[nH]c1=O. The first-order valence-electron chi connectivity index (χ1n) is 7.95. The lowest BCUT2D eigenvalue weighted by Crippen LogP contribution is -2.31. The van der Waals surface area contributed by atoms with Crippen molar-refractivity contribution in [3.05, 3.63) is 50.8 Å². The van der Waals surface area contributed by atoms with Crippen molar-refractivity contribution in [2.45, 2.75) is 32.7 Å². The predicted octanol–water partition coefficient (Wildman–Crippen LogP) is 0.931. The molecule has 2 aromatic rings. The number of nitrogens with zero attached hydrogens (tertiary/aromatic N) is 2. The van der Waals surface area contributed by atoms with Crippen LogP contribution >= 0.6 is 0 Å². The van der Waals surface area contributed by atoms with E-state index in [9.17, 15) is 14.4 Å². The topological polar surface area (TPSA) is 103 Å². The van der Waals surface area contributed by atoms with Crippen LogP contribution < -0.4 is 20.7 Å². The normalized spacial score (nSPS) is 10.5. The number of aromatic amines is 1. The maximum Gasteiger partial charge on any atom is 0.344 e. The average Bonchev–Trinajstić information content (AvgIpc) is 2.58. The van der Waals surface area contributed by atoms with Gasteiger partial charge in [-0.05, 0) is 31.0 Å². The zero-order chi connectivity index (χ0) is 18.2. The van der Waals surface area contributed by atoms with Gasteiger partial charge in [0.15, 0.2) is 11.5 Å². The van der Waals surface area contributed by atoms with Gasteiger partial charge in [-0.25, -0.2) is 9.48 Å². The Bertz CT molecular complexity index is 841. The Labute approximate surface area is 144 Å². The number of hydrogen-bond acceptors (Lipinski definition) is 6. The van der Waals surface area contributed by atoms with E-state index in [1.807, 2.05) is 12.1 Å². The molecule has 8 heteroatoms. The van der Waals surface area contributed by atoms with Crippen LogP contribution in [-0.4, -0.2) is 34.3 Å². The van der Waals surface area contributed by atoms with Crippen LogP contribution in [0.15, 0.2) is 34.0 Å². The van der Waals surface area contributed by atoms with E-state index in [1.165, 1.54) is 4.68 Å². The minimum atomic E-state index is -0.542. The fraction of sp³-hybridized carbons (Fsp3) is 0.412. The molecule has 0 spiro atoms. The van der Waals surface area contributed by atoms with E-state index in [-0.39, 0.29) is 5.78 Å². The van der Waals surface area contributed by atoms with Crippen molar-refractivity contribution in [2.24, 2.45) is 0 Å². The smallest absolute Gasteiger partial charge is 0.344 e. The largest absolute Gasteiger partial charge is 0.493 e. The molecule has 1 aromatic heterocycles. The van der Waals surface area contributed by atoms with Gasteiger partial charge in [-0.2, -0.15) is 5.10 Å². The summed E-state index contributed by atoms with van der Waals surface area (Å²) in [6.45, 7) is 2.25. The van der Waals surface area contributed by atoms with E-state index in [2.05, 4.69) is 10.1 Å². The van der Waals surface area contributed by atoms with Crippen molar-refractivity contribution in [1.29, 1.82) is 0 Å². The zero-order valence-corrected chi connectivity index (χ0v) is 14.3. The van der Waals surface area contributed by atoms with Crippen molar-refractivity contribution in [1.82, 2.24) is 14.8 Å². The second kappa shape index (κ2) is 8.81. The minimum absolute atomic E-state index is 0.144. The summed E-state index contributed by atoms with van der Waals surface area (Å²) in [5, 5.41) is 3.75. The molecule has 0 saturated carbocycles. The molecule has 0 atom stereocenters. The summed E-state index contributed by atoms with van der Waals surface area (Å²) in [4.78, 5) is 35.7. The lowest BCUT2D eigenvalue weighted by molar-refractivity contribution is -0.116. The van der Waals surface area contributed by atoms with Gasteiger partial charge in [0.05, 0.1) is 13.7 Å². The van der Waals surface area contributed by atoms with Gasteiger partial charge in [0.1, 0.15) is 12.0 Å². The lowest BCUT2D eigenvalue weighted by Gasteiger charge is -2.12. The molecule has 0 bridgehead atoms. The lowest BCUT2D eigenvalue weighted by atomic mass is 10.1. The van der Waals surface area contributed by atoms with Crippen LogP contribution in [0.4, 0.5) is 0 Å². The Kier molecular flexibility index (Phi) is 6.50. The highest BCUT2D eigenvalue weighted by molar-refractivity contribution is 5.75. The van der Waals surface area contributed by atoms with Crippen molar-refractivity contribution >= 4 is 5.78 Å². The van der Waals surface area contributed by atoms with Crippen molar-refractivity contribution in [3.8, 4) is 11.5 Å². The molecule has 25 heavy (non-hydrogen) atoms. The number of aryl methyl sites for hydroxylation is 2. The Balaban J connectivity index is 1.90. The molecule has 8 nitrogen and oxygen atoms in total. The number of ketones is 1. The molecule has 0 aliphatic carbocycles. The number of hydrogen-bond donors (Lipinski definition) is 1. The molecular weight excluding hydrogens is 326 g/mol. The molecular formula is C17H21N3O5. The molecule has 0 saturated heterocycles. The van der Waals surface area contributed by atoms with Crippen molar-refractivity contribution in [2.75, 3.05) is 13.7 Å². The van der Waals surface area contributed by atoms with Crippen LogP contribution in [0.5, 0.6) is 11.5 Å². The number of ether oxygens (including phenoxy) is 2. The average molecular weight is 347 g/mol. The molecule has 1 N–H and O–H groups in total. The summed E-state index contributed by atoms with van der Waals surface area (Å²) < 4.78 is 12.2. The Hall–Kier alpha value is -2.90. The van der Waals surface area contributed by atoms with Gasteiger partial charge in [-0.3, -0.25) is 9.78 Å². The van der Waals surface area contributed by atoms with Gasteiger partial charge in [0.25, 0.3) is 5.56 Å². The predicted molar refractivity (Wildman–Crippen MR) is 91.2 cm³/mol. The van der Waals surface area contributed by atoms with Gasteiger partial charge in [0, 0.05) is 19.4 Å². The molecule has 1 heterocycles.